The number of para-hydroxylation sites is 1. The highest BCUT2D eigenvalue weighted by Gasteiger charge is 2.01. The van der Waals surface area contributed by atoms with Crippen LogP contribution >= 0.6 is 0 Å². The normalized spacial score (nSPS) is 12.5. The van der Waals surface area contributed by atoms with Crippen molar-refractivity contribution < 1.29 is 4.74 Å². The maximum Gasteiger partial charge on any atom is 0.122 e. The van der Waals surface area contributed by atoms with Crippen molar-refractivity contribution in [3.8, 4) is 5.75 Å². The Morgan fingerprint density at radius 3 is 2.71 bits per heavy atom. The first-order chi connectivity index (χ1) is 6.74. The summed E-state index contributed by atoms with van der Waals surface area (Å²) in [4.78, 5) is 0. The summed E-state index contributed by atoms with van der Waals surface area (Å²) in [6, 6.07) is 8.07. The molecule has 0 aliphatic heterocycles. The molecule has 1 aromatic carbocycles. The van der Waals surface area contributed by atoms with Crippen LogP contribution in [0.4, 0.5) is 0 Å². The summed E-state index contributed by atoms with van der Waals surface area (Å²) in [5.74, 6) is 1.52. The van der Waals surface area contributed by atoms with Crippen LogP contribution < -0.4 is 10.5 Å². The molecule has 0 radical (unpaired) electrons. The molecule has 0 saturated carbocycles. The third-order valence-corrected chi connectivity index (χ3v) is 2.36. The SMILES string of the molecule is Cc1ccccc1OCCC(C)CN. The zero-order chi connectivity index (χ0) is 10.4. The monoisotopic (exact) mass is 193 g/mol. The van der Waals surface area contributed by atoms with E-state index in [1.54, 1.807) is 0 Å². The molecule has 0 amide bonds. The van der Waals surface area contributed by atoms with Crippen LogP contribution in [0.5, 0.6) is 5.75 Å². The largest absolute Gasteiger partial charge is 0.493 e. The van der Waals surface area contributed by atoms with Crippen molar-refractivity contribution in [3.05, 3.63) is 29.8 Å². The highest BCUT2D eigenvalue weighted by Crippen LogP contribution is 2.16. The number of rotatable bonds is 5. The Kier molecular flexibility index (Phi) is 4.47. The summed E-state index contributed by atoms with van der Waals surface area (Å²) >= 11 is 0. The zero-order valence-electron chi connectivity index (χ0n) is 8.99. The van der Waals surface area contributed by atoms with Crippen LogP contribution in [-0.4, -0.2) is 13.2 Å². The summed E-state index contributed by atoms with van der Waals surface area (Å²) in [5.41, 5.74) is 6.71. The molecule has 0 aromatic heterocycles. The molecule has 1 rings (SSSR count). The van der Waals surface area contributed by atoms with Gasteiger partial charge in [-0.25, -0.2) is 0 Å². The summed E-state index contributed by atoms with van der Waals surface area (Å²) < 4.78 is 5.65. The lowest BCUT2D eigenvalue weighted by Gasteiger charge is -2.11. The number of nitrogens with two attached hydrogens (primary N) is 1. The summed E-state index contributed by atoms with van der Waals surface area (Å²) in [7, 11) is 0. The van der Waals surface area contributed by atoms with E-state index < -0.39 is 0 Å². The fourth-order valence-corrected chi connectivity index (χ4v) is 1.21. The van der Waals surface area contributed by atoms with Crippen molar-refractivity contribution in [2.75, 3.05) is 13.2 Å². The van der Waals surface area contributed by atoms with Gasteiger partial charge in [0.2, 0.25) is 0 Å². The molecule has 78 valence electrons. The van der Waals surface area contributed by atoms with Crippen LogP contribution in [0.25, 0.3) is 0 Å². The molecule has 2 nitrogen and oxygen atoms in total. The van der Waals surface area contributed by atoms with Crippen molar-refractivity contribution >= 4 is 0 Å². The van der Waals surface area contributed by atoms with Crippen LogP contribution in [0.1, 0.15) is 18.9 Å². The van der Waals surface area contributed by atoms with Gasteiger partial charge in [0.1, 0.15) is 5.75 Å². The van der Waals surface area contributed by atoms with Crippen LogP contribution in [0, 0.1) is 12.8 Å². The molecule has 1 unspecified atom stereocenters. The van der Waals surface area contributed by atoms with Gasteiger partial charge in [-0.05, 0) is 37.4 Å². The van der Waals surface area contributed by atoms with E-state index in [1.807, 2.05) is 18.2 Å². The smallest absolute Gasteiger partial charge is 0.122 e. The average Bonchev–Trinajstić information content (AvgIpc) is 2.20. The van der Waals surface area contributed by atoms with Gasteiger partial charge in [0, 0.05) is 0 Å². The molecule has 0 aliphatic rings. The lowest BCUT2D eigenvalue weighted by Crippen LogP contribution is -2.14. The Hall–Kier alpha value is -1.02. The molecule has 0 spiro atoms. The van der Waals surface area contributed by atoms with Crippen molar-refractivity contribution in [1.82, 2.24) is 0 Å². The standard InChI is InChI=1S/C12H19NO/c1-10(9-13)7-8-14-12-6-4-3-5-11(12)2/h3-6,10H,7-9,13H2,1-2H3. The molecule has 1 atom stereocenters. The number of aryl methyl sites for hydroxylation is 1. The van der Waals surface area contributed by atoms with Gasteiger partial charge < -0.3 is 10.5 Å². The quantitative estimate of drug-likeness (QED) is 0.779. The maximum absolute atomic E-state index is 5.65. The Bertz CT molecular complexity index is 273. The van der Waals surface area contributed by atoms with Gasteiger partial charge in [-0.2, -0.15) is 0 Å². The van der Waals surface area contributed by atoms with Crippen molar-refractivity contribution in [1.29, 1.82) is 0 Å². The van der Waals surface area contributed by atoms with Gasteiger partial charge in [0.05, 0.1) is 6.61 Å². The third kappa shape index (κ3) is 3.38. The second kappa shape index (κ2) is 5.66. The molecule has 2 N–H and O–H groups in total. The van der Waals surface area contributed by atoms with Crippen LogP contribution in [-0.2, 0) is 0 Å². The predicted molar refractivity (Wildman–Crippen MR) is 59.5 cm³/mol. The first-order valence-corrected chi connectivity index (χ1v) is 5.12. The van der Waals surface area contributed by atoms with Gasteiger partial charge in [0.25, 0.3) is 0 Å². The van der Waals surface area contributed by atoms with Crippen LogP contribution in [0.2, 0.25) is 0 Å². The molecule has 0 saturated heterocycles. The molecular formula is C12H19NO. The van der Waals surface area contributed by atoms with Crippen molar-refractivity contribution in [2.45, 2.75) is 20.3 Å². The van der Waals surface area contributed by atoms with Gasteiger partial charge >= 0.3 is 0 Å². The van der Waals surface area contributed by atoms with E-state index in [4.69, 9.17) is 10.5 Å². The van der Waals surface area contributed by atoms with Crippen molar-refractivity contribution in [3.63, 3.8) is 0 Å². The molecule has 1 aromatic rings. The second-order valence-corrected chi connectivity index (χ2v) is 3.74. The third-order valence-electron chi connectivity index (χ3n) is 2.36. The minimum absolute atomic E-state index is 0.541. The maximum atomic E-state index is 5.65. The van der Waals surface area contributed by atoms with E-state index in [0.29, 0.717) is 5.92 Å². The number of hydrogen-bond acceptors (Lipinski definition) is 2. The summed E-state index contributed by atoms with van der Waals surface area (Å²) in [6.07, 6.45) is 1.02. The highest BCUT2D eigenvalue weighted by molar-refractivity contribution is 5.31. The van der Waals surface area contributed by atoms with Gasteiger partial charge in [-0.15, -0.1) is 0 Å². The zero-order valence-corrected chi connectivity index (χ0v) is 8.99. The van der Waals surface area contributed by atoms with Crippen LogP contribution in [0.3, 0.4) is 0 Å². The van der Waals surface area contributed by atoms with Crippen molar-refractivity contribution in [2.24, 2.45) is 11.7 Å². The fourth-order valence-electron chi connectivity index (χ4n) is 1.21. The van der Waals surface area contributed by atoms with Crippen LogP contribution in [0.15, 0.2) is 24.3 Å². The second-order valence-electron chi connectivity index (χ2n) is 3.74. The predicted octanol–water partition coefficient (Wildman–Crippen LogP) is 2.36. The summed E-state index contributed by atoms with van der Waals surface area (Å²) in [6.45, 7) is 5.68. The summed E-state index contributed by atoms with van der Waals surface area (Å²) in [5, 5.41) is 0. The molecule has 14 heavy (non-hydrogen) atoms. The van der Waals surface area contributed by atoms with E-state index in [2.05, 4.69) is 19.9 Å². The lowest BCUT2D eigenvalue weighted by molar-refractivity contribution is 0.284. The van der Waals surface area contributed by atoms with E-state index in [-0.39, 0.29) is 0 Å². The first kappa shape index (κ1) is 11.1. The lowest BCUT2D eigenvalue weighted by atomic mass is 10.1. The Morgan fingerprint density at radius 1 is 1.36 bits per heavy atom. The van der Waals surface area contributed by atoms with E-state index in [1.165, 1.54) is 5.56 Å². The molecule has 0 heterocycles. The Labute approximate surface area is 86.1 Å². The first-order valence-electron chi connectivity index (χ1n) is 5.12. The number of ether oxygens (including phenoxy) is 1. The van der Waals surface area contributed by atoms with E-state index in [0.717, 1.165) is 25.3 Å². The molecule has 0 bridgehead atoms. The molecule has 2 heteroatoms. The van der Waals surface area contributed by atoms with Gasteiger partial charge in [-0.3, -0.25) is 0 Å². The van der Waals surface area contributed by atoms with E-state index in [9.17, 15) is 0 Å². The van der Waals surface area contributed by atoms with Gasteiger partial charge in [0.15, 0.2) is 0 Å². The van der Waals surface area contributed by atoms with Gasteiger partial charge in [-0.1, -0.05) is 25.1 Å². The fraction of sp³-hybridized carbons (Fsp3) is 0.500. The minimum Gasteiger partial charge on any atom is -0.493 e. The number of hydrogen-bond donors (Lipinski definition) is 1. The highest BCUT2D eigenvalue weighted by atomic mass is 16.5. The molecule has 0 aliphatic carbocycles. The van der Waals surface area contributed by atoms with E-state index >= 15 is 0 Å². The minimum atomic E-state index is 0.541. The Balaban J connectivity index is 2.35. The molecule has 0 fully saturated rings. The average molecular weight is 193 g/mol. The Morgan fingerprint density at radius 2 is 2.07 bits per heavy atom. The molecular weight excluding hydrogens is 174 g/mol. The number of benzene rings is 1. The topological polar surface area (TPSA) is 35.2 Å².